The molecule has 4 N–H and O–H groups in total. The number of hydrogen-bond donors (Lipinski definition) is 3. The Hall–Kier alpha value is -1.05. The van der Waals surface area contributed by atoms with Crippen LogP contribution in [0.15, 0.2) is 6.07 Å². The fourth-order valence-electron chi connectivity index (χ4n) is 2.26. The summed E-state index contributed by atoms with van der Waals surface area (Å²) in [6.45, 7) is 2.09. The molecule has 3 rings (SSSR count). The number of nitrogens with two attached hydrogens (primary N) is 1. The molecule has 102 valence electrons. The Bertz CT molecular complexity index is 577. The number of hydrogen-bond acceptors (Lipinski definition) is 7. The molecular weight excluding hydrogens is 278 g/mol. The van der Waals surface area contributed by atoms with Crippen LogP contribution in [0.4, 0.5) is 11.8 Å². The van der Waals surface area contributed by atoms with Crippen LogP contribution in [0.2, 0.25) is 0 Å². The second-order valence-corrected chi connectivity index (χ2v) is 7.06. The number of nitrogen functional groups attached to an aromatic ring is 1. The summed E-state index contributed by atoms with van der Waals surface area (Å²) in [5.74, 6) is 9.23. The molecule has 5 nitrogen and oxygen atoms in total. The number of aryl methyl sites for hydroxylation is 1. The van der Waals surface area contributed by atoms with Gasteiger partial charge in [0, 0.05) is 16.7 Å². The number of thioether (sulfide) groups is 1. The molecular formula is C12H17N5S2. The molecule has 19 heavy (non-hydrogen) atoms. The quantitative estimate of drug-likeness (QED) is 0.597. The minimum atomic E-state index is 0.473. The van der Waals surface area contributed by atoms with E-state index >= 15 is 0 Å². The summed E-state index contributed by atoms with van der Waals surface area (Å²) in [6, 6.07) is 2.63. The van der Waals surface area contributed by atoms with Crippen molar-refractivity contribution in [3.63, 3.8) is 0 Å². The highest BCUT2D eigenvalue weighted by molar-refractivity contribution is 7.99. The Morgan fingerprint density at radius 1 is 1.42 bits per heavy atom. The molecule has 0 aliphatic carbocycles. The summed E-state index contributed by atoms with van der Waals surface area (Å²) in [5, 5.41) is 4.65. The van der Waals surface area contributed by atoms with Gasteiger partial charge in [0.2, 0.25) is 5.95 Å². The molecule has 1 aliphatic rings. The summed E-state index contributed by atoms with van der Waals surface area (Å²) >= 11 is 3.67. The van der Waals surface area contributed by atoms with Crippen LogP contribution in [-0.2, 0) is 0 Å². The van der Waals surface area contributed by atoms with Gasteiger partial charge in [-0.25, -0.2) is 10.8 Å². The van der Waals surface area contributed by atoms with Crippen LogP contribution in [0, 0.1) is 6.92 Å². The molecule has 1 aliphatic heterocycles. The van der Waals surface area contributed by atoms with Crippen LogP contribution in [0.5, 0.6) is 0 Å². The molecule has 2 aromatic rings. The Balaban J connectivity index is 1.95. The monoisotopic (exact) mass is 295 g/mol. The van der Waals surface area contributed by atoms with Gasteiger partial charge in [0.1, 0.15) is 10.6 Å². The lowest BCUT2D eigenvalue weighted by Crippen LogP contribution is -2.26. The number of rotatable bonds is 3. The van der Waals surface area contributed by atoms with E-state index < -0.39 is 0 Å². The first-order chi connectivity index (χ1) is 9.26. The zero-order valence-electron chi connectivity index (χ0n) is 10.8. The molecule has 0 bridgehead atoms. The molecule has 3 heterocycles. The zero-order chi connectivity index (χ0) is 13.2. The van der Waals surface area contributed by atoms with Gasteiger partial charge in [-0.15, -0.1) is 11.3 Å². The lowest BCUT2D eigenvalue weighted by molar-refractivity contribution is 0.683. The van der Waals surface area contributed by atoms with Gasteiger partial charge in [-0.1, -0.05) is 0 Å². The number of anilines is 2. The van der Waals surface area contributed by atoms with Crippen LogP contribution in [0.3, 0.4) is 0 Å². The summed E-state index contributed by atoms with van der Waals surface area (Å²) in [6.07, 6.45) is 2.47. The van der Waals surface area contributed by atoms with E-state index in [1.807, 2.05) is 11.8 Å². The van der Waals surface area contributed by atoms with Crippen LogP contribution in [-0.4, -0.2) is 27.5 Å². The predicted molar refractivity (Wildman–Crippen MR) is 83.9 cm³/mol. The highest BCUT2D eigenvalue weighted by atomic mass is 32.2. The lowest BCUT2D eigenvalue weighted by Gasteiger charge is -2.23. The van der Waals surface area contributed by atoms with Crippen molar-refractivity contribution >= 4 is 45.1 Å². The standard InChI is InChI=1S/C12H17N5S2/c1-7-5-9-10(14-8-3-2-4-18-6-8)15-12(17-13)16-11(9)19-7/h5,8H,2-4,6,13H2,1H3,(H2,14,15,16,17). The Morgan fingerprint density at radius 3 is 3.05 bits per heavy atom. The number of aromatic nitrogens is 2. The Kier molecular flexibility index (Phi) is 3.76. The molecule has 0 aromatic carbocycles. The van der Waals surface area contributed by atoms with E-state index in [0.717, 1.165) is 21.8 Å². The van der Waals surface area contributed by atoms with Gasteiger partial charge in [-0.05, 0) is 31.6 Å². The van der Waals surface area contributed by atoms with Crippen LogP contribution < -0.4 is 16.6 Å². The number of nitrogens with one attached hydrogen (secondary N) is 2. The van der Waals surface area contributed by atoms with Gasteiger partial charge in [0.25, 0.3) is 0 Å². The lowest BCUT2D eigenvalue weighted by atomic mass is 10.2. The fourth-order valence-corrected chi connectivity index (χ4v) is 4.22. The van der Waals surface area contributed by atoms with Crippen molar-refractivity contribution in [3.8, 4) is 0 Å². The van der Waals surface area contributed by atoms with E-state index in [-0.39, 0.29) is 0 Å². The second kappa shape index (κ2) is 5.52. The molecule has 2 aromatic heterocycles. The highest BCUT2D eigenvalue weighted by Crippen LogP contribution is 2.31. The zero-order valence-corrected chi connectivity index (χ0v) is 12.4. The summed E-state index contributed by atoms with van der Waals surface area (Å²) in [7, 11) is 0. The van der Waals surface area contributed by atoms with Crippen molar-refractivity contribution in [2.75, 3.05) is 22.2 Å². The molecule has 1 saturated heterocycles. The van der Waals surface area contributed by atoms with Crippen molar-refractivity contribution in [2.45, 2.75) is 25.8 Å². The number of hydrazine groups is 1. The molecule has 0 spiro atoms. The maximum Gasteiger partial charge on any atom is 0.240 e. The van der Waals surface area contributed by atoms with E-state index in [0.29, 0.717) is 12.0 Å². The van der Waals surface area contributed by atoms with Crippen LogP contribution >= 0.6 is 23.1 Å². The Morgan fingerprint density at radius 2 is 2.32 bits per heavy atom. The Labute approximate surface area is 120 Å². The van der Waals surface area contributed by atoms with Gasteiger partial charge < -0.3 is 5.32 Å². The third-order valence-electron chi connectivity index (χ3n) is 3.15. The van der Waals surface area contributed by atoms with Crippen molar-refractivity contribution in [1.29, 1.82) is 0 Å². The number of fused-ring (bicyclic) bond motifs is 1. The SMILES string of the molecule is Cc1cc2c(NC3CCCSC3)nc(NN)nc2s1. The van der Waals surface area contributed by atoms with E-state index in [1.165, 1.54) is 23.5 Å². The topological polar surface area (TPSA) is 75.9 Å². The van der Waals surface area contributed by atoms with Crippen molar-refractivity contribution in [1.82, 2.24) is 9.97 Å². The molecule has 1 unspecified atom stereocenters. The van der Waals surface area contributed by atoms with E-state index in [9.17, 15) is 0 Å². The maximum absolute atomic E-state index is 5.45. The van der Waals surface area contributed by atoms with Gasteiger partial charge >= 0.3 is 0 Å². The molecule has 0 amide bonds. The van der Waals surface area contributed by atoms with Gasteiger partial charge in [-0.2, -0.15) is 16.7 Å². The van der Waals surface area contributed by atoms with Crippen molar-refractivity contribution < 1.29 is 0 Å². The largest absolute Gasteiger partial charge is 0.366 e. The predicted octanol–water partition coefficient (Wildman–Crippen LogP) is 2.59. The molecule has 1 fully saturated rings. The van der Waals surface area contributed by atoms with Gasteiger partial charge in [0.05, 0.1) is 5.39 Å². The first-order valence-corrected chi connectivity index (χ1v) is 8.32. The molecule has 0 saturated carbocycles. The third-order valence-corrected chi connectivity index (χ3v) is 5.31. The maximum atomic E-state index is 5.45. The van der Waals surface area contributed by atoms with E-state index in [2.05, 4.69) is 33.7 Å². The van der Waals surface area contributed by atoms with Crippen molar-refractivity contribution in [3.05, 3.63) is 10.9 Å². The summed E-state index contributed by atoms with van der Waals surface area (Å²) in [5.41, 5.74) is 2.55. The van der Waals surface area contributed by atoms with Crippen LogP contribution in [0.25, 0.3) is 10.2 Å². The second-order valence-electron chi connectivity index (χ2n) is 4.67. The molecule has 1 atom stereocenters. The van der Waals surface area contributed by atoms with Gasteiger partial charge in [-0.3, -0.25) is 5.43 Å². The average molecular weight is 295 g/mol. The minimum Gasteiger partial charge on any atom is -0.366 e. The first-order valence-electron chi connectivity index (χ1n) is 6.35. The summed E-state index contributed by atoms with van der Waals surface area (Å²) < 4.78 is 0. The molecule has 7 heteroatoms. The van der Waals surface area contributed by atoms with Crippen LogP contribution in [0.1, 0.15) is 17.7 Å². The average Bonchev–Trinajstić information content (AvgIpc) is 2.80. The third kappa shape index (κ3) is 2.77. The number of nitrogens with zero attached hydrogens (tertiary/aromatic N) is 2. The van der Waals surface area contributed by atoms with Crippen molar-refractivity contribution in [2.24, 2.45) is 5.84 Å². The normalized spacial score (nSPS) is 19.6. The van der Waals surface area contributed by atoms with E-state index in [1.54, 1.807) is 11.3 Å². The minimum absolute atomic E-state index is 0.473. The highest BCUT2D eigenvalue weighted by Gasteiger charge is 2.17. The molecule has 0 radical (unpaired) electrons. The smallest absolute Gasteiger partial charge is 0.240 e. The van der Waals surface area contributed by atoms with Gasteiger partial charge in [0.15, 0.2) is 0 Å². The first kappa shape index (κ1) is 13.0. The number of thiophene rings is 1. The fraction of sp³-hybridized carbons (Fsp3) is 0.500. The van der Waals surface area contributed by atoms with E-state index in [4.69, 9.17) is 5.84 Å². The summed E-state index contributed by atoms with van der Waals surface area (Å²) in [4.78, 5) is 11.1.